The fourth-order valence-electron chi connectivity index (χ4n) is 2.70. The fraction of sp³-hybridized carbons (Fsp3) is 0.556. The highest BCUT2D eigenvalue weighted by atomic mass is 35.5. The third-order valence-corrected chi connectivity index (χ3v) is 6.69. The SMILES string of the molecule is CC[C@H](C)NC(=O)COC(=O)c1cc(S(=O)(=O)N2CCCCC2)ccc1Cl. The maximum atomic E-state index is 12.8. The van der Waals surface area contributed by atoms with E-state index in [0.717, 1.165) is 25.7 Å². The van der Waals surface area contributed by atoms with Crippen molar-refractivity contribution < 1.29 is 22.7 Å². The molecular weight excluding hydrogens is 392 g/mol. The molecule has 1 atom stereocenters. The Balaban J connectivity index is 2.12. The van der Waals surface area contributed by atoms with Gasteiger partial charge in [-0.2, -0.15) is 4.31 Å². The smallest absolute Gasteiger partial charge is 0.340 e. The first-order valence-corrected chi connectivity index (χ1v) is 10.8. The molecule has 9 heteroatoms. The molecule has 0 saturated carbocycles. The zero-order valence-corrected chi connectivity index (χ0v) is 17.1. The quantitative estimate of drug-likeness (QED) is 0.689. The summed E-state index contributed by atoms with van der Waals surface area (Å²) in [5, 5.41) is 2.75. The lowest BCUT2D eigenvalue weighted by molar-refractivity contribution is -0.124. The van der Waals surface area contributed by atoms with Gasteiger partial charge < -0.3 is 10.1 Å². The van der Waals surface area contributed by atoms with Crippen LogP contribution < -0.4 is 5.32 Å². The van der Waals surface area contributed by atoms with Gasteiger partial charge in [0, 0.05) is 19.1 Å². The normalized spacial score (nSPS) is 16.6. The van der Waals surface area contributed by atoms with Gasteiger partial charge in [0.1, 0.15) is 0 Å². The Kier molecular flexibility index (Phi) is 7.64. The number of carbonyl (C=O) groups is 2. The number of nitrogens with one attached hydrogen (secondary N) is 1. The van der Waals surface area contributed by atoms with E-state index in [1.807, 2.05) is 13.8 Å². The topological polar surface area (TPSA) is 92.8 Å². The van der Waals surface area contributed by atoms with Gasteiger partial charge in [-0.05, 0) is 44.4 Å². The van der Waals surface area contributed by atoms with E-state index < -0.39 is 28.5 Å². The van der Waals surface area contributed by atoms with Crippen LogP contribution in [0.2, 0.25) is 5.02 Å². The van der Waals surface area contributed by atoms with E-state index in [1.54, 1.807) is 0 Å². The highest BCUT2D eigenvalue weighted by molar-refractivity contribution is 7.89. The van der Waals surface area contributed by atoms with Crippen molar-refractivity contribution in [2.45, 2.75) is 50.5 Å². The van der Waals surface area contributed by atoms with Crippen molar-refractivity contribution >= 4 is 33.5 Å². The lowest BCUT2D eigenvalue weighted by Gasteiger charge is -2.26. The Morgan fingerprint density at radius 2 is 1.93 bits per heavy atom. The number of hydrogen-bond donors (Lipinski definition) is 1. The van der Waals surface area contributed by atoms with Gasteiger partial charge in [0.25, 0.3) is 5.91 Å². The Hall–Kier alpha value is -1.64. The molecule has 7 nitrogen and oxygen atoms in total. The van der Waals surface area contributed by atoms with Crippen molar-refractivity contribution in [1.82, 2.24) is 9.62 Å². The molecule has 2 rings (SSSR count). The number of halogens is 1. The number of piperidine rings is 1. The monoisotopic (exact) mass is 416 g/mol. The summed E-state index contributed by atoms with van der Waals surface area (Å²) in [6, 6.07) is 3.91. The third-order valence-electron chi connectivity index (χ3n) is 4.46. The fourth-order valence-corrected chi connectivity index (χ4v) is 4.44. The zero-order chi connectivity index (χ0) is 20.0. The Morgan fingerprint density at radius 1 is 1.26 bits per heavy atom. The minimum atomic E-state index is -3.70. The zero-order valence-electron chi connectivity index (χ0n) is 15.5. The molecule has 0 aromatic heterocycles. The van der Waals surface area contributed by atoms with Crippen LogP contribution in [0.15, 0.2) is 23.1 Å². The van der Waals surface area contributed by atoms with Crippen LogP contribution in [0.4, 0.5) is 0 Å². The maximum absolute atomic E-state index is 12.8. The van der Waals surface area contributed by atoms with Gasteiger partial charge in [-0.1, -0.05) is 24.9 Å². The maximum Gasteiger partial charge on any atom is 0.340 e. The lowest BCUT2D eigenvalue weighted by Crippen LogP contribution is -2.36. The molecule has 1 aliphatic heterocycles. The number of benzene rings is 1. The summed E-state index contributed by atoms with van der Waals surface area (Å²) >= 11 is 6.04. The molecule has 27 heavy (non-hydrogen) atoms. The number of hydrogen-bond acceptors (Lipinski definition) is 5. The number of sulfonamides is 1. The van der Waals surface area contributed by atoms with Crippen molar-refractivity contribution in [3.8, 4) is 0 Å². The summed E-state index contributed by atoms with van der Waals surface area (Å²) in [5.74, 6) is -1.26. The summed E-state index contributed by atoms with van der Waals surface area (Å²) in [6.45, 7) is 4.22. The molecule has 0 spiro atoms. The van der Waals surface area contributed by atoms with Gasteiger partial charge in [-0.25, -0.2) is 13.2 Å². The van der Waals surface area contributed by atoms with Gasteiger partial charge in [-0.15, -0.1) is 0 Å². The molecule has 150 valence electrons. The van der Waals surface area contributed by atoms with Gasteiger partial charge in [-0.3, -0.25) is 4.79 Å². The molecule has 1 fully saturated rings. The minimum absolute atomic E-state index is 0.00944. The number of carbonyl (C=O) groups excluding carboxylic acids is 2. The molecule has 0 bridgehead atoms. The first kappa shape index (κ1) is 21.7. The van der Waals surface area contributed by atoms with Gasteiger partial charge >= 0.3 is 5.97 Å². The van der Waals surface area contributed by atoms with Crippen LogP contribution in [-0.2, 0) is 19.6 Å². The summed E-state index contributed by atoms with van der Waals surface area (Å²) in [5.41, 5.74) is -0.0777. The van der Waals surface area contributed by atoms with Crippen LogP contribution >= 0.6 is 11.6 Å². The lowest BCUT2D eigenvalue weighted by atomic mass is 10.2. The average molecular weight is 417 g/mol. The van der Waals surface area contributed by atoms with Gasteiger partial charge in [0.05, 0.1) is 15.5 Å². The van der Waals surface area contributed by atoms with Crippen LogP contribution in [0.1, 0.15) is 49.9 Å². The molecular formula is C18H25ClN2O5S. The van der Waals surface area contributed by atoms with Crippen molar-refractivity contribution in [3.05, 3.63) is 28.8 Å². The molecule has 1 amide bonds. The number of amides is 1. The molecule has 0 radical (unpaired) electrons. The largest absolute Gasteiger partial charge is 0.452 e. The molecule has 1 heterocycles. The Bertz CT molecular complexity index is 791. The second-order valence-electron chi connectivity index (χ2n) is 6.56. The molecule has 1 aliphatic rings. The summed E-state index contributed by atoms with van der Waals surface area (Å²) in [4.78, 5) is 24.0. The predicted octanol–water partition coefficient (Wildman–Crippen LogP) is 2.59. The van der Waals surface area contributed by atoms with Crippen molar-refractivity contribution in [3.63, 3.8) is 0 Å². The predicted molar refractivity (Wildman–Crippen MR) is 102 cm³/mol. The number of esters is 1. The first-order chi connectivity index (χ1) is 12.8. The first-order valence-electron chi connectivity index (χ1n) is 9.02. The molecule has 1 saturated heterocycles. The molecule has 0 aliphatic carbocycles. The Morgan fingerprint density at radius 3 is 2.56 bits per heavy atom. The van der Waals surface area contributed by atoms with E-state index >= 15 is 0 Å². The van der Waals surface area contributed by atoms with Gasteiger partial charge in [0.2, 0.25) is 10.0 Å². The summed E-state index contributed by atoms with van der Waals surface area (Å²) in [7, 11) is -3.70. The van der Waals surface area contributed by atoms with E-state index in [9.17, 15) is 18.0 Å². The second-order valence-corrected chi connectivity index (χ2v) is 8.90. The van der Waals surface area contributed by atoms with Crippen molar-refractivity contribution in [2.75, 3.05) is 19.7 Å². The van der Waals surface area contributed by atoms with Gasteiger partial charge in [0.15, 0.2) is 6.61 Å². The summed E-state index contributed by atoms with van der Waals surface area (Å²) < 4.78 is 31.9. The van der Waals surface area contributed by atoms with E-state index in [-0.39, 0.29) is 21.5 Å². The van der Waals surface area contributed by atoms with E-state index in [4.69, 9.17) is 16.3 Å². The number of rotatable bonds is 7. The van der Waals surface area contributed by atoms with Crippen LogP contribution in [0.5, 0.6) is 0 Å². The standard InChI is InChI=1S/C18H25ClN2O5S/c1-3-13(2)20-17(22)12-26-18(23)15-11-14(7-8-16(15)19)27(24,25)21-9-5-4-6-10-21/h7-8,11,13H,3-6,9-10,12H2,1-2H3,(H,20,22)/t13-/m0/s1. The van der Waals surface area contributed by atoms with Crippen LogP contribution in [0.3, 0.4) is 0 Å². The second kappa shape index (κ2) is 9.52. The summed E-state index contributed by atoms with van der Waals surface area (Å²) in [6.07, 6.45) is 3.38. The van der Waals surface area contributed by atoms with E-state index in [1.165, 1.54) is 22.5 Å². The van der Waals surface area contributed by atoms with Crippen LogP contribution in [0.25, 0.3) is 0 Å². The molecule has 1 aromatic rings. The average Bonchev–Trinajstić information content (AvgIpc) is 2.66. The molecule has 1 N–H and O–H groups in total. The van der Waals surface area contributed by atoms with Crippen LogP contribution in [-0.4, -0.2) is 50.3 Å². The van der Waals surface area contributed by atoms with Crippen LogP contribution in [0, 0.1) is 0 Å². The highest BCUT2D eigenvalue weighted by Gasteiger charge is 2.27. The van der Waals surface area contributed by atoms with Crippen molar-refractivity contribution in [2.24, 2.45) is 0 Å². The van der Waals surface area contributed by atoms with Crippen molar-refractivity contribution in [1.29, 1.82) is 0 Å². The van der Waals surface area contributed by atoms with E-state index in [2.05, 4.69) is 5.32 Å². The molecule has 0 unspecified atom stereocenters. The van der Waals surface area contributed by atoms with E-state index in [0.29, 0.717) is 13.1 Å². The number of ether oxygens (including phenoxy) is 1. The molecule has 1 aromatic carbocycles. The number of nitrogens with zero attached hydrogens (tertiary/aromatic N) is 1. The minimum Gasteiger partial charge on any atom is -0.452 e. The highest BCUT2D eigenvalue weighted by Crippen LogP contribution is 2.25. The Labute approximate surface area is 165 Å². The third kappa shape index (κ3) is 5.67.